The SMILES string of the molecule is CC(=O)C1=C(C)N(Cc2ccco2)C(=O)C1(NC(=O)c1ccc(Cl)cc1Cl)C(F)(F)F. The van der Waals surface area contributed by atoms with Gasteiger partial charge in [0.25, 0.3) is 11.8 Å². The molecule has 0 bridgehead atoms. The quantitative estimate of drug-likeness (QED) is 0.690. The van der Waals surface area contributed by atoms with Crippen molar-refractivity contribution in [3.63, 3.8) is 0 Å². The van der Waals surface area contributed by atoms with E-state index in [0.717, 1.165) is 17.9 Å². The van der Waals surface area contributed by atoms with E-state index in [1.165, 1.54) is 37.5 Å². The summed E-state index contributed by atoms with van der Waals surface area (Å²) >= 11 is 11.7. The van der Waals surface area contributed by atoms with Crippen LogP contribution >= 0.6 is 23.2 Å². The number of nitrogens with zero attached hydrogens (tertiary/aromatic N) is 1. The van der Waals surface area contributed by atoms with Crippen LogP contribution in [0.1, 0.15) is 30.0 Å². The fourth-order valence-electron chi connectivity index (χ4n) is 3.50. The van der Waals surface area contributed by atoms with Gasteiger partial charge in [0.05, 0.1) is 29.0 Å². The normalized spacial score (nSPS) is 19.2. The molecule has 0 fully saturated rings. The number of allylic oxidation sites excluding steroid dienone is 1. The molecule has 31 heavy (non-hydrogen) atoms. The molecule has 0 aliphatic carbocycles. The Balaban J connectivity index is 2.13. The summed E-state index contributed by atoms with van der Waals surface area (Å²) in [5.74, 6) is -3.65. The number of carbonyl (C=O) groups is 3. The number of alkyl halides is 3. The van der Waals surface area contributed by atoms with E-state index >= 15 is 0 Å². The maximum atomic E-state index is 14.4. The fourth-order valence-corrected chi connectivity index (χ4v) is 3.99. The van der Waals surface area contributed by atoms with Crippen molar-refractivity contribution < 1.29 is 32.0 Å². The number of rotatable bonds is 5. The van der Waals surface area contributed by atoms with Crippen LogP contribution in [0.25, 0.3) is 0 Å². The first-order valence-corrected chi connectivity index (χ1v) is 9.56. The van der Waals surface area contributed by atoms with Gasteiger partial charge in [-0.1, -0.05) is 23.2 Å². The minimum absolute atomic E-state index is 0.161. The second-order valence-corrected chi connectivity index (χ2v) is 7.66. The number of ketones is 1. The monoisotopic (exact) mass is 474 g/mol. The van der Waals surface area contributed by atoms with Crippen molar-refractivity contribution in [3.05, 3.63) is 69.2 Å². The highest BCUT2D eigenvalue weighted by molar-refractivity contribution is 6.36. The van der Waals surface area contributed by atoms with E-state index in [0.29, 0.717) is 0 Å². The fraction of sp³-hybridized carbons (Fsp3) is 0.250. The van der Waals surface area contributed by atoms with Gasteiger partial charge in [0.1, 0.15) is 5.76 Å². The molecule has 1 aliphatic heterocycles. The molecule has 2 heterocycles. The van der Waals surface area contributed by atoms with Gasteiger partial charge in [-0.25, -0.2) is 0 Å². The highest BCUT2D eigenvalue weighted by atomic mass is 35.5. The summed E-state index contributed by atoms with van der Waals surface area (Å²) in [4.78, 5) is 38.9. The zero-order chi connectivity index (χ0) is 23.1. The van der Waals surface area contributed by atoms with Crippen LogP contribution in [0.2, 0.25) is 10.0 Å². The second-order valence-electron chi connectivity index (χ2n) is 6.81. The van der Waals surface area contributed by atoms with Gasteiger partial charge in [-0.3, -0.25) is 14.4 Å². The van der Waals surface area contributed by atoms with Crippen molar-refractivity contribution in [2.75, 3.05) is 0 Å². The van der Waals surface area contributed by atoms with Crippen molar-refractivity contribution in [1.29, 1.82) is 0 Å². The predicted octanol–water partition coefficient (Wildman–Crippen LogP) is 4.52. The van der Waals surface area contributed by atoms with Gasteiger partial charge in [0.15, 0.2) is 5.78 Å². The molecule has 6 nitrogen and oxygen atoms in total. The Morgan fingerprint density at radius 3 is 2.42 bits per heavy atom. The summed E-state index contributed by atoms with van der Waals surface area (Å²) < 4.78 is 48.4. The molecule has 2 amide bonds. The molecule has 0 spiro atoms. The van der Waals surface area contributed by atoms with Gasteiger partial charge >= 0.3 is 6.18 Å². The summed E-state index contributed by atoms with van der Waals surface area (Å²) in [5.41, 5.74) is -5.05. The number of hydrogen-bond acceptors (Lipinski definition) is 4. The first-order valence-electron chi connectivity index (χ1n) is 8.81. The summed E-state index contributed by atoms with van der Waals surface area (Å²) in [6.07, 6.45) is -4.04. The molecule has 1 aromatic heterocycles. The van der Waals surface area contributed by atoms with E-state index in [2.05, 4.69) is 0 Å². The van der Waals surface area contributed by atoms with E-state index in [1.807, 2.05) is 0 Å². The highest BCUT2D eigenvalue weighted by Gasteiger charge is 2.70. The van der Waals surface area contributed by atoms with Crippen LogP contribution < -0.4 is 5.32 Å². The van der Waals surface area contributed by atoms with Crippen LogP contribution in [0, 0.1) is 0 Å². The smallest absolute Gasteiger partial charge is 0.425 e. The summed E-state index contributed by atoms with van der Waals surface area (Å²) in [5, 5.41) is 1.68. The van der Waals surface area contributed by atoms with E-state index in [-0.39, 0.29) is 33.6 Å². The van der Waals surface area contributed by atoms with Gasteiger partial charge in [0, 0.05) is 10.7 Å². The first kappa shape index (κ1) is 22.9. The molecule has 3 rings (SSSR count). The Hall–Kier alpha value is -2.78. The number of halogens is 5. The van der Waals surface area contributed by atoms with Crippen molar-refractivity contribution in [2.45, 2.75) is 32.1 Å². The Kier molecular flexibility index (Phi) is 5.94. The number of amides is 2. The molecular formula is C20H15Cl2F3N2O4. The number of furan rings is 1. The average molecular weight is 475 g/mol. The van der Waals surface area contributed by atoms with Crippen molar-refractivity contribution in [2.24, 2.45) is 0 Å². The molecule has 164 valence electrons. The standard InChI is InChI=1S/C20H15Cl2F3N2O4/c1-10-16(11(2)28)19(20(23,24)25,18(30)27(10)9-13-4-3-7-31-13)26-17(29)14-6-5-12(21)8-15(14)22/h3-8H,9H2,1-2H3,(H,26,29). The molecular weight excluding hydrogens is 460 g/mol. The van der Waals surface area contributed by atoms with E-state index in [1.54, 1.807) is 5.32 Å². The van der Waals surface area contributed by atoms with Gasteiger partial charge < -0.3 is 14.6 Å². The molecule has 1 aliphatic rings. The zero-order valence-electron chi connectivity index (χ0n) is 16.1. The van der Waals surface area contributed by atoms with Crippen molar-refractivity contribution >= 4 is 40.8 Å². The summed E-state index contributed by atoms with van der Waals surface area (Å²) in [6.45, 7) is 1.74. The maximum absolute atomic E-state index is 14.4. The van der Waals surface area contributed by atoms with Crippen LogP contribution in [-0.4, -0.2) is 34.2 Å². The van der Waals surface area contributed by atoms with Crippen LogP contribution in [-0.2, 0) is 16.1 Å². The number of hydrogen-bond donors (Lipinski definition) is 1. The molecule has 2 aromatic rings. The predicted molar refractivity (Wildman–Crippen MR) is 105 cm³/mol. The third kappa shape index (κ3) is 3.83. The minimum atomic E-state index is -5.33. The largest absolute Gasteiger partial charge is 0.467 e. The summed E-state index contributed by atoms with van der Waals surface area (Å²) in [6, 6.07) is 6.52. The number of nitrogens with one attached hydrogen (secondary N) is 1. The highest BCUT2D eigenvalue weighted by Crippen LogP contribution is 2.45. The Morgan fingerprint density at radius 2 is 1.90 bits per heavy atom. The molecule has 1 atom stereocenters. The Bertz CT molecular complexity index is 1100. The van der Waals surface area contributed by atoms with Crippen molar-refractivity contribution in [3.8, 4) is 0 Å². The molecule has 1 unspecified atom stereocenters. The van der Waals surface area contributed by atoms with E-state index in [9.17, 15) is 27.6 Å². The van der Waals surface area contributed by atoms with E-state index < -0.39 is 34.9 Å². The molecule has 11 heteroatoms. The van der Waals surface area contributed by atoms with Crippen LogP contribution in [0.15, 0.2) is 52.3 Å². The minimum Gasteiger partial charge on any atom is -0.467 e. The van der Waals surface area contributed by atoms with Gasteiger partial charge in [-0.15, -0.1) is 0 Å². The van der Waals surface area contributed by atoms with Gasteiger partial charge in [0.2, 0.25) is 5.54 Å². The van der Waals surface area contributed by atoms with Crippen molar-refractivity contribution in [1.82, 2.24) is 10.2 Å². The third-order valence-electron chi connectivity index (χ3n) is 4.86. The molecule has 0 saturated heterocycles. The lowest BCUT2D eigenvalue weighted by Crippen LogP contribution is -2.66. The Labute approximate surface area is 184 Å². The molecule has 0 saturated carbocycles. The topological polar surface area (TPSA) is 79.6 Å². The third-order valence-corrected chi connectivity index (χ3v) is 5.40. The molecule has 1 N–H and O–H groups in total. The second kappa shape index (κ2) is 8.05. The van der Waals surface area contributed by atoms with E-state index in [4.69, 9.17) is 27.6 Å². The zero-order valence-corrected chi connectivity index (χ0v) is 17.7. The molecule has 1 aromatic carbocycles. The van der Waals surface area contributed by atoms with Gasteiger partial charge in [-0.2, -0.15) is 13.2 Å². The van der Waals surface area contributed by atoms with Crippen LogP contribution in [0.4, 0.5) is 13.2 Å². The average Bonchev–Trinajstić information content (AvgIpc) is 3.22. The first-order chi connectivity index (χ1) is 14.4. The van der Waals surface area contributed by atoms with Gasteiger partial charge in [-0.05, 0) is 44.2 Å². The summed E-state index contributed by atoms with van der Waals surface area (Å²) in [7, 11) is 0. The number of Topliss-reactive ketones (excluding diaryl/α,β-unsaturated/α-hetero) is 1. The number of benzene rings is 1. The number of carbonyl (C=O) groups excluding carboxylic acids is 3. The van der Waals surface area contributed by atoms with Crippen LogP contribution in [0.3, 0.4) is 0 Å². The Morgan fingerprint density at radius 1 is 1.23 bits per heavy atom. The lowest BCUT2D eigenvalue weighted by Gasteiger charge is -2.33. The lowest BCUT2D eigenvalue weighted by molar-refractivity contribution is -0.190. The lowest BCUT2D eigenvalue weighted by atomic mass is 9.86. The van der Waals surface area contributed by atoms with Crippen LogP contribution in [0.5, 0.6) is 0 Å². The maximum Gasteiger partial charge on any atom is 0.425 e. The molecule has 0 radical (unpaired) electrons.